The number of non-ortho nitro benzene ring substituents is 1. The molecule has 0 N–H and O–H groups in total. The number of nitro groups is 1. The van der Waals surface area contributed by atoms with Crippen LogP contribution in [-0.2, 0) is 0 Å². The van der Waals surface area contributed by atoms with Gasteiger partial charge in [-0.1, -0.05) is 60.7 Å². The van der Waals surface area contributed by atoms with Gasteiger partial charge in [0, 0.05) is 36.2 Å². The van der Waals surface area contributed by atoms with Gasteiger partial charge < -0.3 is 4.90 Å². The van der Waals surface area contributed by atoms with E-state index in [2.05, 4.69) is 65.6 Å². The Morgan fingerprint density at radius 1 is 0.938 bits per heavy atom. The molecule has 0 bridgehead atoms. The van der Waals surface area contributed by atoms with Gasteiger partial charge in [-0.2, -0.15) is 0 Å². The summed E-state index contributed by atoms with van der Waals surface area (Å²) in [6.45, 7) is 1.01. The predicted molar refractivity (Wildman–Crippen MR) is 127 cm³/mol. The molecule has 3 aromatic rings. The maximum Gasteiger partial charge on any atom is 0.269 e. The highest BCUT2D eigenvalue weighted by atomic mass is 16.6. The zero-order valence-electron chi connectivity index (χ0n) is 17.7. The topological polar surface area (TPSA) is 46.4 Å². The minimum absolute atomic E-state index is 0.156. The van der Waals surface area contributed by atoms with Crippen LogP contribution in [0, 0.1) is 22.0 Å². The molecule has 0 radical (unpaired) electrons. The normalized spacial score (nSPS) is 29.1. The molecule has 32 heavy (non-hydrogen) atoms. The zero-order valence-corrected chi connectivity index (χ0v) is 17.7. The number of rotatable bonds is 2. The number of hydrogen-bond donors (Lipinski definition) is 0. The van der Waals surface area contributed by atoms with Gasteiger partial charge in [0.1, 0.15) is 0 Å². The molecule has 4 heteroatoms. The van der Waals surface area contributed by atoms with Crippen molar-refractivity contribution in [2.45, 2.75) is 30.7 Å². The van der Waals surface area contributed by atoms with E-state index in [-0.39, 0.29) is 16.7 Å². The molecule has 7 rings (SSSR count). The highest BCUT2D eigenvalue weighted by Gasteiger charge is 2.48. The van der Waals surface area contributed by atoms with Crippen LogP contribution in [0.15, 0.2) is 78.9 Å². The Bertz CT molecular complexity index is 1340. The maximum atomic E-state index is 11.5. The first-order valence-corrected chi connectivity index (χ1v) is 11.6. The van der Waals surface area contributed by atoms with Gasteiger partial charge in [-0.05, 0) is 58.2 Å². The number of allylic oxidation sites excluding steroid dienone is 4. The Kier molecular flexibility index (Phi) is 3.73. The Morgan fingerprint density at radius 2 is 1.78 bits per heavy atom. The maximum absolute atomic E-state index is 11.5. The average Bonchev–Trinajstić information content (AvgIpc) is 3.48. The second kappa shape index (κ2) is 6.55. The Hall–Kier alpha value is -3.40. The van der Waals surface area contributed by atoms with Crippen LogP contribution in [0.2, 0.25) is 0 Å². The predicted octanol–water partition coefficient (Wildman–Crippen LogP) is 6.64. The van der Waals surface area contributed by atoms with Crippen molar-refractivity contribution in [3.05, 3.63) is 106 Å². The van der Waals surface area contributed by atoms with Crippen molar-refractivity contribution in [1.29, 1.82) is 0 Å². The summed E-state index contributed by atoms with van der Waals surface area (Å²) < 4.78 is 0. The van der Waals surface area contributed by atoms with E-state index in [0.29, 0.717) is 23.7 Å². The Labute approximate surface area is 187 Å². The summed E-state index contributed by atoms with van der Waals surface area (Å²) in [5.41, 5.74) is 5.56. The fraction of sp³-hybridized carbons (Fsp3) is 0.286. The van der Waals surface area contributed by atoms with E-state index >= 15 is 0 Å². The van der Waals surface area contributed by atoms with Gasteiger partial charge in [0.2, 0.25) is 0 Å². The summed E-state index contributed by atoms with van der Waals surface area (Å²) >= 11 is 0. The highest BCUT2D eigenvalue weighted by molar-refractivity contribution is 5.94. The van der Waals surface area contributed by atoms with Gasteiger partial charge in [-0.25, -0.2) is 0 Å². The van der Waals surface area contributed by atoms with E-state index in [0.717, 1.165) is 24.9 Å². The van der Waals surface area contributed by atoms with Crippen molar-refractivity contribution in [3.63, 3.8) is 0 Å². The van der Waals surface area contributed by atoms with Gasteiger partial charge in [0.25, 0.3) is 5.69 Å². The molecule has 2 heterocycles. The van der Waals surface area contributed by atoms with Crippen LogP contribution in [0.1, 0.15) is 47.4 Å². The smallest absolute Gasteiger partial charge is 0.269 e. The summed E-state index contributed by atoms with van der Waals surface area (Å²) in [5, 5.41) is 14.2. The molecule has 0 aromatic heterocycles. The SMILES string of the molecule is O=[N+]([O-])c1cccc([C@H]2[C@@H]3CC=C[C@@H]3c3c4c(cc5ccccc35)[C@H]3C=CC[C@H]3CN42)c1. The van der Waals surface area contributed by atoms with Crippen molar-refractivity contribution in [2.75, 3.05) is 11.4 Å². The zero-order chi connectivity index (χ0) is 21.4. The van der Waals surface area contributed by atoms with Crippen molar-refractivity contribution in [3.8, 4) is 0 Å². The summed E-state index contributed by atoms with van der Waals surface area (Å²) in [7, 11) is 0. The summed E-state index contributed by atoms with van der Waals surface area (Å²) in [4.78, 5) is 13.9. The molecule has 2 aliphatic heterocycles. The number of hydrogen-bond acceptors (Lipinski definition) is 3. The van der Waals surface area contributed by atoms with E-state index in [9.17, 15) is 10.1 Å². The molecule has 4 aliphatic rings. The van der Waals surface area contributed by atoms with E-state index < -0.39 is 0 Å². The Morgan fingerprint density at radius 3 is 2.69 bits per heavy atom. The van der Waals surface area contributed by atoms with Gasteiger partial charge in [-0.15, -0.1) is 0 Å². The quantitative estimate of drug-likeness (QED) is 0.265. The molecule has 0 amide bonds. The van der Waals surface area contributed by atoms with Crippen LogP contribution >= 0.6 is 0 Å². The van der Waals surface area contributed by atoms with Crippen LogP contribution in [0.4, 0.5) is 11.4 Å². The second-order valence-corrected chi connectivity index (χ2v) is 9.70. The Balaban J connectivity index is 1.52. The minimum atomic E-state index is -0.267. The average molecular weight is 421 g/mol. The van der Waals surface area contributed by atoms with E-state index in [1.807, 2.05) is 12.1 Å². The fourth-order valence-electron chi connectivity index (χ4n) is 6.93. The molecule has 0 unspecified atom stereocenters. The van der Waals surface area contributed by atoms with Crippen molar-refractivity contribution in [2.24, 2.45) is 11.8 Å². The minimum Gasteiger partial charge on any atom is -0.363 e. The molecule has 2 aliphatic carbocycles. The second-order valence-electron chi connectivity index (χ2n) is 9.70. The van der Waals surface area contributed by atoms with Crippen molar-refractivity contribution >= 4 is 22.1 Å². The number of fused-ring (bicyclic) bond motifs is 6. The molecular weight excluding hydrogens is 396 g/mol. The lowest BCUT2D eigenvalue weighted by atomic mass is 9.69. The summed E-state index contributed by atoms with van der Waals surface area (Å²) in [6.07, 6.45) is 11.6. The van der Waals surface area contributed by atoms with Gasteiger partial charge in [-0.3, -0.25) is 10.1 Å². The first-order valence-electron chi connectivity index (χ1n) is 11.6. The van der Waals surface area contributed by atoms with Gasteiger partial charge in [0.05, 0.1) is 11.0 Å². The lowest BCUT2D eigenvalue weighted by molar-refractivity contribution is -0.384. The third-order valence-electron chi connectivity index (χ3n) is 8.17. The lowest BCUT2D eigenvalue weighted by Gasteiger charge is -2.51. The van der Waals surface area contributed by atoms with Crippen LogP contribution in [0.25, 0.3) is 10.8 Å². The number of anilines is 1. The van der Waals surface area contributed by atoms with E-state index in [1.165, 1.54) is 27.6 Å². The molecular formula is C28H24N2O2. The third-order valence-corrected chi connectivity index (χ3v) is 8.17. The molecule has 3 aromatic carbocycles. The molecule has 0 saturated carbocycles. The van der Waals surface area contributed by atoms with Crippen molar-refractivity contribution < 1.29 is 4.92 Å². The van der Waals surface area contributed by atoms with Crippen molar-refractivity contribution in [1.82, 2.24) is 0 Å². The van der Waals surface area contributed by atoms with Gasteiger partial charge in [0.15, 0.2) is 0 Å². The molecule has 0 spiro atoms. The van der Waals surface area contributed by atoms with E-state index in [4.69, 9.17) is 0 Å². The van der Waals surface area contributed by atoms with Crippen LogP contribution in [-0.4, -0.2) is 11.5 Å². The number of nitro benzene ring substituents is 1. The first kappa shape index (κ1) is 18.2. The summed E-state index contributed by atoms with van der Waals surface area (Å²) in [6, 6.07) is 18.7. The van der Waals surface area contributed by atoms with Crippen LogP contribution < -0.4 is 4.90 Å². The highest BCUT2D eigenvalue weighted by Crippen LogP contribution is 2.60. The first-order chi connectivity index (χ1) is 15.7. The third kappa shape index (κ3) is 2.38. The van der Waals surface area contributed by atoms with Crippen LogP contribution in [0.5, 0.6) is 0 Å². The monoisotopic (exact) mass is 420 g/mol. The fourth-order valence-corrected chi connectivity index (χ4v) is 6.93. The number of benzene rings is 3. The summed E-state index contributed by atoms with van der Waals surface area (Å²) in [5.74, 6) is 1.78. The van der Waals surface area contributed by atoms with Crippen LogP contribution in [0.3, 0.4) is 0 Å². The molecule has 158 valence electrons. The van der Waals surface area contributed by atoms with E-state index in [1.54, 1.807) is 6.07 Å². The lowest BCUT2D eigenvalue weighted by Crippen LogP contribution is -2.46. The standard InChI is InChI=1S/C28H24N2O2/c31-30(32)20-9-3-7-18(14-20)27-24-13-5-12-23(24)26-22-10-2-1-6-17(22)15-25-21-11-4-8-19(21)16-29(27)28(25)26/h1-7,9-12,14-15,19,21,23-24,27H,8,13,16H2/t19-,21-,23-,24+,27-/m0/s1. The largest absolute Gasteiger partial charge is 0.363 e. The molecule has 5 atom stereocenters. The molecule has 0 saturated heterocycles. The van der Waals surface area contributed by atoms with Gasteiger partial charge >= 0.3 is 0 Å². The number of nitrogens with zero attached hydrogens (tertiary/aromatic N) is 2. The molecule has 4 nitrogen and oxygen atoms in total. The molecule has 0 fully saturated rings.